The van der Waals surface area contributed by atoms with Crippen molar-refractivity contribution in [2.24, 2.45) is 11.5 Å². The summed E-state index contributed by atoms with van der Waals surface area (Å²) in [6.45, 7) is 0. The van der Waals surface area contributed by atoms with E-state index in [0.717, 1.165) is 6.26 Å². The summed E-state index contributed by atoms with van der Waals surface area (Å²) in [5.74, 6) is -1.20. The number of carboxylic acid groups (broad SMARTS) is 1. The second-order valence-corrected chi connectivity index (χ2v) is 5.75. The van der Waals surface area contributed by atoms with Crippen LogP contribution in [0.5, 0.6) is 0 Å². The lowest BCUT2D eigenvalue weighted by molar-refractivity contribution is -0.139. The van der Waals surface area contributed by atoms with Crippen LogP contribution in [0.25, 0.3) is 0 Å². The van der Waals surface area contributed by atoms with Crippen LogP contribution in [0.3, 0.4) is 0 Å². The van der Waals surface area contributed by atoms with E-state index in [1.807, 2.05) is 0 Å². The van der Waals surface area contributed by atoms with Crippen LogP contribution in [-0.4, -0.2) is 31.8 Å². The van der Waals surface area contributed by atoms with Gasteiger partial charge in [-0.2, -0.15) is 0 Å². The fraction of sp³-hybridized carbons (Fsp3) is 0.300. The van der Waals surface area contributed by atoms with Crippen LogP contribution in [-0.2, 0) is 14.6 Å². The first-order valence-corrected chi connectivity index (χ1v) is 6.66. The van der Waals surface area contributed by atoms with Crippen molar-refractivity contribution >= 4 is 15.8 Å². The monoisotopic (exact) mass is 258 g/mol. The van der Waals surface area contributed by atoms with Gasteiger partial charge in [-0.1, -0.05) is 12.1 Å². The molecule has 0 bridgehead atoms. The Morgan fingerprint density at radius 1 is 1.24 bits per heavy atom. The molecule has 1 aromatic rings. The Labute approximate surface area is 99.2 Å². The van der Waals surface area contributed by atoms with Crippen LogP contribution in [0.2, 0.25) is 0 Å². The Morgan fingerprint density at radius 2 is 1.71 bits per heavy atom. The topological polar surface area (TPSA) is 123 Å². The molecule has 0 heterocycles. The zero-order valence-corrected chi connectivity index (χ0v) is 10.0. The normalized spacial score (nSPS) is 15.2. The van der Waals surface area contributed by atoms with E-state index in [2.05, 4.69) is 0 Å². The molecule has 0 spiro atoms. The van der Waals surface area contributed by atoms with Crippen molar-refractivity contribution in [3.63, 3.8) is 0 Å². The fourth-order valence-electron chi connectivity index (χ4n) is 1.30. The van der Waals surface area contributed by atoms with Crippen LogP contribution in [0.15, 0.2) is 29.2 Å². The summed E-state index contributed by atoms with van der Waals surface area (Å²) >= 11 is 0. The van der Waals surface area contributed by atoms with E-state index in [4.69, 9.17) is 16.6 Å². The number of nitrogens with two attached hydrogens (primary N) is 2. The predicted octanol–water partition coefficient (Wildman–Crippen LogP) is -0.498. The molecule has 0 radical (unpaired) electrons. The van der Waals surface area contributed by atoms with E-state index in [9.17, 15) is 13.2 Å². The van der Waals surface area contributed by atoms with E-state index in [1.54, 1.807) is 0 Å². The largest absolute Gasteiger partial charge is 0.480 e. The van der Waals surface area contributed by atoms with Crippen molar-refractivity contribution in [3.05, 3.63) is 29.8 Å². The van der Waals surface area contributed by atoms with E-state index in [1.165, 1.54) is 24.3 Å². The maximum absolute atomic E-state index is 11.2. The van der Waals surface area contributed by atoms with E-state index < -0.39 is 27.9 Å². The predicted molar refractivity (Wildman–Crippen MR) is 62.1 cm³/mol. The second kappa shape index (κ2) is 4.82. The smallest absolute Gasteiger partial charge is 0.322 e. The molecule has 0 amide bonds. The highest BCUT2D eigenvalue weighted by Crippen LogP contribution is 2.16. The van der Waals surface area contributed by atoms with Crippen molar-refractivity contribution in [1.82, 2.24) is 0 Å². The molecule has 2 unspecified atom stereocenters. The highest BCUT2D eigenvalue weighted by Gasteiger charge is 2.22. The van der Waals surface area contributed by atoms with Gasteiger partial charge in [0.1, 0.15) is 6.04 Å². The van der Waals surface area contributed by atoms with Crippen LogP contribution in [0, 0.1) is 0 Å². The Hall–Kier alpha value is -1.44. The first kappa shape index (κ1) is 13.6. The SMILES string of the molecule is CS(=O)(=O)c1ccc(C(N)C(N)C(=O)O)cc1. The number of hydrogen-bond acceptors (Lipinski definition) is 5. The summed E-state index contributed by atoms with van der Waals surface area (Å²) in [5.41, 5.74) is 11.5. The lowest BCUT2D eigenvalue weighted by Gasteiger charge is -2.16. The third kappa shape index (κ3) is 3.26. The van der Waals surface area contributed by atoms with Gasteiger partial charge in [0.2, 0.25) is 0 Å². The first-order valence-electron chi connectivity index (χ1n) is 4.77. The molecule has 1 aromatic carbocycles. The van der Waals surface area contributed by atoms with Gasteiger partial charge in [0, 0.05) is 6.26 Å². The van der Waals surface area contributed by atoms with Crippen molar-refractivity contribution in [3.8, 4) is 0 Å². The number of hydrogen-bond donors (Lipinski definition) is 3. The minimum absolute atomic E-state index is 0.150. The highest BCUT2D eigenvalue weighted by molar-refractivity contribution is 7.90. The van der Waals surface area contributed by atoms with Gasteiger partial charge in [-0.15, -0.1) is 0 Å². The van der Waals surface area contributed by atoms with E-state index in [0.29, 0.717) is 5.56 Å². The van der Waals surface area contributed by atoms with Crippen molar-refractivity contribution < 1.29 is 18.3 Å². The molecule has 0 aliphatic rings. The quantitative estimate of drug-likeness (QED) is 0.669. The maximum Gasteiger partial charge on any atom is 0.322 e. The number of rotatable bonds is 4. The Bertz CT molecular complexity index is 510. The van der Waals surface area contributed by atoms with E-state index in [-0.39, 0.29) is 4.90 Å². The molecule has 0 aliphatic carbocycles. The molecule has 2 atom stereocenters. The summed E-state index contributed by atoms with van der Waals surface area (Å²) < 4.78 is 22.4. The third-order valence-electron chi connectivity index (χ3n) is 2.37. The van der Waals surface area contributed by atoms with Gasteiger partial charge >= 0.3 is 5.97 Å². The van der Waals surface area contributed by atoms with Crippen molar-refractivity contribution in [1.29, 1.82) is 0 Å². The fourth-order valence-corrected chi connectivity index (χ4v) is 1.93. The molecule has 6 nitrogen and oxygen atoms in total. The third-order valence-corrected chi connectivity index (χ3v) is 3.49. The number of aliphatic carboxylic acids is 1. The molecular weight excluding hydrogens is 244 g/mol. The van der Waals surface area contributed by atoms with Crippen LogP contribution in [0.4, 0.5) is 0 Å². The molecule has 0 fully saturated rings. The number of benzene rings is 1. The highest BCUT2D eigenvalue weighted by atomic mass is 32.2. The summed E-state index contributed by atoms with van der Waals surface area (Å²) in [5, 5.41) is 8.70. The maximum atomic E-state index is 11.2. The summed E-state index contributed by atoms with van der Waals surface area (Å²) in [4.78, 5) is 10.8. The molecule has 0 aromatic heterocycles. The van der Waals surface area contributed by atoms with Crippen molar-refractivity contribution in [2.45, 2.75) is 17.0 Å². The minimum atomic E-state index is -3.27. The summed E-state index contributed by atoms with van der Waals surface area (Å²) in [6, 6.07) is 3.58. The summed E-state index contributed by atoms with van der Waals surface area (Å²) in [7, 11) is -3.27. The first-order chi connectivity index (χ1) is 7.73. The van der Waals surface area contributed by atoms with Gasteiger partial charge in [0.05, 0.1) is 10.9 Å². The second-order valence-electron chi connectivity index (χ2n) is 3.73. The van der Waals surface area contributed by atoms with Gasteiger partial charge in [0.15, 0.2) is 9.84 Å². The molecule has 1 rings (SSSR count). The van der Waals surface area contributed by atoms with Gasteiger partial charge in [-0.3, -0.25) is 4.79 Å². The zero-order valence-electron chi connectivity index (χ0n) is 9.20. The lowest BCUT2D eigenvalue weighted by Crippen LogP contribution is -2.40. The molecule has 7 heteroatoms. The molecule has 5 N–H and O–H groups in total. The Balaban J connectivity index is 2.99. The average molecular weight is 258 g/mol. The number of carboxylic acids is 1. The average Bonchev–Trinajstić information content (AvgIpc) is 2.26. The van der Waals surface area contributed by atoms with Gasteiger partial charge in [0.25, 0.3) is 0 Å². The van der Waals surface area contributed by atoms with E-state index >= 15 is 0 Å². The molecule has 0 saturated heterocycles. The molecular formula is C10H14N2O4S. The van der Waals surface area contributed by atoms with Gasteiger partial charge in [-0.05, 0) is 17.7 Å². The standard InChI is InChI=1S/C10H14N2O4S/c1-17(15,16)7-4-2-6(3-5-7)8(11)9(12)10(13)14/h2-5,8-9H,11-12H2,1H3,(H,13,14). The Kier molecular flexibility index (Phi) is 3.87. The molecule has 0 saturated carbocycles. The molecule has 17 heavy (non-hydrogen) atoms. The van der Waals surface area contributed by atoms with Crippen molar-refractivity contribution in [2.75, 3.05) is 6.26 Å². The lowest BCUT2D eigenvalue weighted by atomic mass is 10.0. The summed E-state index contributed by atoms with van der Waals surface area (Å²) in [6.07, 6.45) is 1.09. The number of carbonyl (C=O) groups is 1. The van der Waals surface area contributed by atoms with Gasteiger partial charge in [-0.25, -0.2) is 8.42 Å². The Morgan fingerprint density at radius 3 is 2.06 bits per heavy atom. The number of sulfone groups is 1. The zero-order chi connectivity index (χ0) is 13.2. The van der Waals surface area contributed by atoms with Gasteiger partial charge < -0.3 is 16.6 Å². The minimum Gasteiger partial charge on any atom is -0.480 e. The molecule has 94 valence electrons. The van der Waals surface area contributed by atoms with Crippen LogP contribution in [0.1, 0.15) is 11.6 Å². The van der Waals surface area contributed by atoms with Crippen LogP contribution >= 0.6 is 0 Å². The molecule has 0 aliphatic heterocycles. The van der Waals surface area contributed by atoms with Crippen LogP contribution < -0.4 is 11.5 Å².